The molecule has 0 aromatic carbocycles. The zero-order valence-electron chi connectivity index (χ0n) is 9.13. The summed E-state index contributed by atoms with van der Waals surface area (Å²) in [6.45, 7) is 6.54. The van der Waals surface area contributed by atoms with E-state index in [0.29, 0.717) is 6.42 Å². The zero-order chi connectivity index (χ0) is 11.6. The van der Waals surface area contributed by atoms with Crippen molar-refractivity contribution in [3.05, 3.63) is 0 Å². The smallest absolute Gasteiger partial charge is 0.321 e. The Hall–Kier alpha value is -1.06. The van der Waals surface area contributed by atoms with Crippen molar-refractivity contribution in [2.45, 2.75) is 40.5 Å². The van der Waals surface area contributed by atoms with E-state index >= 15 is 0 Å². The van der Waals surface area contributed by atoms with Crippen LogP contribution in [-0.2, 0) is 9.59 Å². The van der Waals surface area contributed by atoms with E-state index in [1.165, 1.54) is 6.92 Å². The lowest BCUT2D eigenvalue weighted by molar-refractivity contribution is -0.172. The van der Waals surface area contributed by atoms with E-state index < -0.39 is 22.8 Å². The maximum absolute atomic E-state index is 11.0. The molecule has 0 saturated carbocycles. The van der Waals surface area contributed by atoms with E-state index in [9.17, 15) is 9.59 Å². The largest absolute Gasteiger partial charge is 0.480 e. The third kappa shape index (κ3) is 1.89. The first-order chi connectivity index (χ1) is 6.20. The fourth-order valence-electron chi connectivity index (χ4n) is 1.55. The van der Waals surface area contributed by atoms with E-state index in [-0.39, 0.29) is 0 Å². The van der Waals surface area contributed by atoms with Crippen LogP contribution in [0, 0.1) is 10.8 Å². The molecule has 0 atom stereocenters. The second-order valence-corrected chi connectivity index (χ2v) is 4.37. The van der Waals surface area contributed by atoms with Gasteiger partial charge in [0.2, 0.25) is 0 Å². The van der Waals surface area contributed by atoms with Gasteiger partial charge in [-0.3, -0.25) is 9.59 Å². The number of aliphatic carboxylic acids is 2. The summed E-state index contributed by atoms with van der Waals surface area (Å²) in [4.78, 5) is 22.0. The van der Waals surface area contributed by atoms with E-state index in [1.807, 2.05) is 6.92 Å². The third-order valence-electron chi connectivity index (χ3n) is 3.08. The molecule has 0 saturated heterocycles. The molecule has 0 aliphatic heterocycles. The van der Waals surface area contributed by atoms with Crippen LogP contribution in [-0.4, -0.2) is 22.2 Å². The number of rotatable bonds is 5. The number of carboxylic acid groups (broad SMARTS) is 2. The molecule has 0 aromatic rings. The van der Waals surface area contributed by atoms with Crippen LogP contribution >= 0.6 is 0 Å². The van der Waals surface area contributed by atoms with Crippen LogP contribution in [0.2, 0.25) is 0 Å². The van der Waals surface area contributed by atoms with Crippen molar-refractivity contribution in [3.8, 4) is 0 Å². The Morgan fingerprint density at radius 3 is 1.64 bits per heavy atom. The highest BCUT2D eigenvalue weighted by Crippen LogP contribution is 2.42. The Morgan fingerprint density at radius 2 is 1.43 bits per heavy atom. The summed E-state index contributed by atoms with van der Waals surface area (Å²) < 4.78 is 0. The molecule has 0 spiro atoms. The van der Waals surface area contributed by atoms with Gasteiger partial charge in [-0.2, -0.15) is 0 Å². The van der Waals surface area contributed by atoms with Crippen molar-refractivity contribution in [1.82, 2.24) is 0 Å². The predicted molar refractivity (Wildman–Crippen MR) is 52.1 cm³/mol. The lowest BCUT2D eigenvalue weighted by atomic mass is 9.64. The average Bonchev–Trinajstić information content (AvgIpc) is 2.01. The lowest BCUT2D eigenvalue weighted by Crippen LogP contribution is -2.48. The van der Waals surface area contributed by atoms with Gasteiger partial charge in [0, 0.05) is 0 Å². The number of carboxylic acids is 2. The van der Waals surface area contributed by atoms with Crippen LogP contribution in [0.5, 0.6) is 0 Å². The van der Waals surface area contributed by atoms with E-state index in [1.54, 1.807) is 13.8 Å². The van der Waals surface area contributed by atoms with Crippen LogP contribution in [0.4, 0.5) is 0 Å². The molecular weight excluding hydrogens is 184 g/mol. The molecule has 0 aliphatic carbocycles. The number of hydrogen-bond acceptors (Lipinski definition) is 2. The average molecular weight is 202 g/mol. The highest BCUT2D eigenvalue weighted by Gasteiger charge is 2.53. The summed E-state index contributed by atoms with van der Waals surface area (Å²) in [5.41, 5.74) is -2.47. The molecule has 4 heteroatoms. The first-order valence-electron chi connectivity index (χ1n) is 4.67. The minimum atomic E-state index is -1.72. The van der Waals surface area contributed by atoms with Gasteiger partial charge in [0.15, 0.2) is 5.41 Å². The predicted octanol–water partition coefficient (Wildman–Crippen LogP) is 1.99. The van der Waals surface area contributed by atoms with E-state index in [0.717, 1.165) is 6.42 Å². The lowest BCUT2D eigenvalue weighted by Gasteiger charge is -2.37. The van der Waals surface area contributed by atoms with Crippen LogP contribution in [0.3, 0.4) is 0 Å². The second-order valence-electron chi connectivity index (χ2n) is 4.37. The van der Waals surface area contributed by atoms with E-state index in [4.69, 9.17) is 10.2 Å². The molecule has 2 N–H and O–H groups in total. The van der Waals surface area contributed by atoms with Gasteiger partial charge in [-0.15, -0.1) is 0 Å². The maximum atomic E-state index is 11.0. The van der Waals surface area contributed by atoms with Crippen LogP contribution in [0.1, 0.15) is 40.5 Å². The zero-order valence-corrected chi connectivity index (χ0v) is 9.13. The fourth-order valence-corrected chi connectivity index (χ4v) is 1.55. The molecule has 0 heterocycles. The van der Waals surface area contributed by atoms with Crippen LogP contribution < -0.4 is 0 Å². The fraction of sp³-hybridized carbons (Fsp3) is 0.800. The van der Waals surface area contributed by atoms with E-state index in [2.05, 4.69) is 0 Å². The summed E-state index contributed by atoms with van der Waals surface area (Å²) in [7, 11) is 0. The summed E-state index contributed by atoms with van der Waals surface area (Å²) in [6.07, 6.45) is 1.34. The quantitative estimate of drug-likeness (QED) is 0.668. The van der Waals surface area contributed by atoms with Gasteiger partial charge < -0.3 is 10.2 Å². The summed E-state index contributed by atoms with van der Waals surface area (Å²) in [5, 5.41) is 18.0. The van der Waals surface area contributed by atoms with Gasteiger partial charge in [-0.25, -0.2) is 0 Å². The van der Waals surface area contributed by atoms with Gasteiger partial charge in [0.1, 0.15) is 0 Å². The Bertz CT molecular complexity index is 229. The van der Waals surface area contributed by atoms with Gasteiger partial charge >= 0.3 is 11.9 Å². The summed E-state index contributed by atoms with van der Waals surface area (Å²) >= 11 is 0. The molecular formula is C10H18O4. The minimum absolute atomic E-state index is 0.572. The molecule has 0 amide bonds. The molecule has 0 aliphatic rings. The monoisotopic (exact) mass is 202 g/mol. The molecule has 4 nitrogen and oxygen atoms in total. The summed E-state index contributed by atoms with van der Waals surface area (Å²) in [5.74, 6) is -2.55. The topological polar surface area (TPSA) is 74.6 Å². The van der Waals surface area contributed by atoms with Crippen LogP contribution in [0.15, 0.2) is 0 Å². The summed E-state index contributed by atoms with van der Waals surface area (Å²) in [6, 6.07) is 0. The molecule has 0 aromatic heterocycles. The van der Waals surface area contributed by atoms with Gasteiger partial charge in [-0.05, 0) is 18.8 Å². The van der Waals surface area contributed by atoms with Gasteiger partial charge in [-0.1, -0.05) is 27.2 Å². The molecule has 14 heavy (non-hydrogen) atoms. The number of hydrogen-bond donors (Lipinski definition) is 2. The second kappa shape index (κ2) is 3.98. The normalized spacial score (nSPS) is 12.6. The van der Waals surface area contributed by atoms with Crippen molar-refractivity contribution < 1.29 is 19.8 Å². The van der Waals surface area contributed by atoms with Gasteiger partial charge in [0.25, 0.3) is 0 Å². The highest BCUT2D eigenvalue weighted by molar-refractivity contribution is 5.98. The first kappa shape index (κ1) is 12.9. The Kier molecular flexibility index (Phi) is 3.68. The molecule has 0 unspecified atom stereocenters. The van der Waals surface area contributed by atoms with Crippen molar-refractivity contribution in [1.29, 1.82) is 0 Å². The molecule has 0 rings (SSSR count). The van der Waals surface area contributed by atoms with Crippen molar-refractivity contribution in [3.63, 3.8) is 0 Å². The molecule has 0 bridgehead atoms. The van der Waals surface area contributed by atoms with Crippen LogP contribution in [0.25, 0.3) is 0 Å². The van der Waals surface area contributed by atoms with Crippen molar-refractivity contribution >= 4 is 11.9 Å². The maximum Gasteiger partial charge on any atom is 0.321 e. The Balaban J connectivity index is 5.20. The minimum Gasteiger partial charge on any atom is -0.480 e. The first-order valence-corrected chi connectivity index (χ1v) is 4.67. The number of carbonyl (C=O) groups is 2. The highest BCUT2D eigenvalue weighted by atomic mass is 16.4. The Labute approximate surface area is 83.9 Å². The Morgan fingerprint density at radius 1 is 1.07 bits per heavy atom. The van der Waals surface area contributed by atoms with Gasteiger partial charge in [0.05, 0.1) is 0 Å². The standard InChI is InChI=1S/C10H18O4/c1-5-6-9(2,3)10(4,7(11)12)8(13)14/h5-6H2,1-4H3,(H,11,12)(H,13,14). The van der Waals surface area contributed by atoms with Crippen molar-refractivity contribution in [2.75, 3.05) is 0 Å². The molecule has 0 fully saturated rings. The molecule has 0 radical (unpaired) electrons. The molecule has 82 valence electrons. The SMILES string of the molecule is CCCC(C)(C)C(C)(C(=O)O)C(=O)O. The third-order valence-corrected chi connectivity index (χ3v) is 3.08. The van der Waals surface area contributed by atoms with Crippen molar-refractivity contribution in [2.24, 2.45) is 10.8 Å².